The molecule has 0 bridgehead atoms. The fourth-order valence-corrected chi connectivity index (χ4v) is 6.42. The number of hydrogen-bond acceptors (Lipinski definition) is 1. The van der Waals surface area contributed by atoms with Crippen molar-refractivity contribution in [3.8, 4) is 0 Å². The molecule has 0 aromatic carbocycles. The van der Waals surface area contributed by atoms with Crippen molar-refractivity contribution >= 4 is 0 Å². The van der Waals surface area contributed by atoms with Crippen molar-refractivity contribution in [3.63, 3.8) is 0 Å². The topological polar surface area (TPSA) is 20.2 Å². The van der Waals surface area contributed by atoms with Crippen LogP contribution in [0.4, 0.5) is 0 Å². The summed E-state index contributed by atoms with van der Waals surface area (Å²) in [6.07, 6.45) is 17.5. The lowest BCUT2D eigenvalue weighted by molar-refractivity contribution is 0.0943. The molecule has 1 N–H and O–H groups in total. The van der Waals surface area contributed by atoms with E-state index < -0.39 is 0 Å². The van der Waals surface area contributed by atoms with E-state index in [9.17, 15) is 5.11 Å². The van der Waals surface area contributed by atoms with Gasteiger partial charge >= 0.3 is 0 Å². The number of allylic oxidation sites excluding steroid dienone is 5. The third-order valence-corrected chi connectivity index (χ3v) is 8.37. The monoisotopic (exact) mass is 412 g/mol. The van der Waals surface area contributed by atoms with E-state index in [0.717, 1.165) is 43.4 Å². The molecule has 5 atom stereocenters. The van der Waals surface area contributed by atoms with Crippen LogP contribution in [0.1, 0.15) is 105 Å². The predicted octanol–water partition coefficient (Wildman–Crippen LogP) is 8.57. The zero-order chi connectivity index (χ0) is 22.3. The van der Waals surface area contributed by atoms with Gasteiger partial charge in [-0.2, -0.15) is 0 Å². The molecule has 3 aliphatic carbocycles. The molecular formula is C29H48O. The highest BCUT2D eigenvalue weighted by Gasteiger charge is 2.50. The van der Waals surface area contributed by atoms with Gasteiger partial charge in [0.2, 0.25) is 0 Å². The fourth-order valence-electron chi connectivity index (χ4n) is 6.42. The zero-order valence-corrected chi connectivity index (χ0v) is 20.6. The summed E-state index contributed by atoms with van der Waals surface area (Å²) in [6.45, 7) is 19.8. The normalized spacial score (nSPS) is 35.0. The van der Waals surface area contributed by atoms with Crippen molar-refractivity contribution in [2.45, 2.75) is 111 Å². The van der Waals surface area contributed by atoms with E-state index in [4.69, 9.17) is 0 Å². The molecule has 3 aliphatic rings. The fraction of sp³-hybridized carbons (Fsp3) is 0.724. The maximum atomic E-state index is 10.0. The van der Waals surface area contributed by atoms with Crippen LogP contribution in [-0.2, 0) is 0 Å². The van der Waals surface area contributed by atoms with Crippen molar-refractivity contribution in [3.05, 3.63) is 47.6 Å². The Bertz CT molecular complexity index is 651. The lowest BCUT2D eigenvalue weighted by atomic mass is 9.60. The molecule has 3 saturated carbocycles. The summed E-state index contributed by atoms with van der Waals surface area (Å²) in [7, 11) is 0. The first kappa shape index (κ1) is 25.2. The van der Waals surface area contributed by atoms with Gasteiger partial charge in [-0.1, -0.05) is 76.6 Å². The quantitative estimate of drug-likeness (QED) is 0.433. The van der Waals surface area contributed by atoms with Gasteiger partial charge in [0.15, 0.2) is 0 Å². The molecule has 0 radical (unpaired) electrons. The van der Waals surface area contributed by atoms with Gasteiger partial charge in [0.1, 0.15) is 0 Å². The smallest absolute Gasteiger partial charge is 0.0583 e. The van der Waals surface area contributed by atoms with Crippen LogP contribution >= 0.6 is 0 Å². The van der Waals surface area contributed by atoms with E-state index >= 15 is 0 Å². The Morgan fingerprint density at radius 3 is 2.63 bits per heavy atom. The minimum absolute atomic E-state index is 0.179. The van der Waals surface area contributed by atoms with E-state index in [1.165, 1.54) is 61.7 Å². The van der Waals surface area contributed by atoms with Crippen LogP contribution in [0.25, 0.3) is 0 Å². The van der Waals surface area contributed by atoms with Crippen LogP contribution in [0, 0.1) is 23.2 Å². The lowest BCUT2D eigenvalue weighted by Crippen LogP contribution is -2.36. The number of rotatable bonds is 6. The summed E-state index contributed by atoms with van der Waals surface area (Å²) in [5.41, 5.74) is 6.06. The summed E-state index contributed by atoms with van der Waals surface area (Å²) < 4.78 is 0. The van der Waals surface area contributed by atoms with Crippen LogP contribution in [0.5, 0.6) is 0 Å². The molecule has 30 heavy (non-hydrogen) atoms. The van der Waals surface area contributed by atoms with Gasteiger partial charge < -0.3 is 5.11 Å². The number of aliphatic hydroxyl groups excluding tert-OH is 1. The van der Waals surface area contributed by atoms with Crippen molar-refractivity contribution in [1.82, 2.24) is 0 Å². The average molecular weight is 413 g/mol. The second kappa shape index (κ2) is 11.5. The first-order chi connectivity index (χ1) is 14.3. The third-order valence-electron chi connectivity index (χ3n) is 8.37. The minimum atomic E-state index is -0.179. The molecular weight excluding hydrogens is 364 g/mol. The van der Waals surface area contributed by atoms with Crippen LogP contribution in [0.15, 0.2) is 47.6 Å². The molecule has 3 fully saturated rings. The van der Waals surface area contributed by atoms with Crippen molar-refractivity contribution in [2.75, 3.05) is 0 Å². The minimum Gasteiger partial charge on any atom is -0.393 e. The first-order valence-electron chi connectivity index (χ1n) is 12.8. The molecule has 1 heteroatoms. The molecule has 1 nitrogen and oxygen atoms in total. The third kappa shape index (κ3) is 5.78. The predicted molar refractivity (Wildman–Crippen MR) is 133 cm³/mol. The molecule has 0 saturated heterocycles. The molecule has 1 unspecified atom stereocenters. The van der Waals surface area contributed by atoms with Gasteiger partial charge in [-0.3, -0.25) is 0 Å². The molecule has 3 rings (SSSR count). The second-order valence-corrected chi connectivity index (χ2v) is 10.1. The lowest BCUT2D eigenvalue weighted by Gasteiger charge is -2.44. The Balaban J connectivity index is 0.00000155. The molecule has 0 aliphatic heterocycles. The highest BCUT2D eigenvalue weighted by Crippen LogP contribution is 2.60. The maximum Gasteiger partial charge on any atom is 0.0583 e. The summed E-state index contributed by atoms with van der Waals surface area (Å²) >= 11 is 0. The molecule has 170 valence electrons. The van der Waals surface area contributed by atoms with E-state index in [1.54, 1.807) is 5.57 Å². The molecule has 0 amide bonds. The van der Waals surface area contributed by atoms with E-state index in [2.05, 4.69) is 46.1 Å². The molecule has 0 aromatic rings. The van der Waals surface area contributed by atoms with E-state index in [-0.39, 0.29) is 6.10 Å². The molecule has 0 aromatic heterocycles. The van der Waals surface area contributed by atoms with Crippen LogP contribution < -0.4 is 0 Å². The van der Waals surface area contributed by atoms with E-state index in [0.29, 0.717) is 5.41 Å². The first-order valence-corrected chi connectivity index (χ1v) is 12.8. The van der Waals surface area contributed by atoms with Crippen molar-refractivity contribution in [1.29, 1.82) is 0 Å². The Kier molecular flexibility index (Phi) is 9.67. The van der Waals surface area contributed by atoms with Gasteiger partial charge in [-0.05, 0) is 99.4 Å². The van der Waals surface area contributed by atoms with Crippen molar-refractivity contribution < 1.29 is 5.11 Å². The van der Waals surface area contributed by atoms with Crippen LogP contribution in [-0.4, -0.2) is 11.2 Å². The van der Waals surface area contributed by atoms with Crippen LogP contribution in [0.2, 0.25) is 0 Å². The molecule has 0 heterocycles. The SMILES string of the molecule is C=C(CC)CC[C@@H](C)[C@H]1CC[C@H]2/C(=C/C=C3/C[C@@H](O)CCC3=C)CCCC12C.CC. The number of fused-ring (bicyclic) bond motifs is 1. The van der Waals surface area contributed by atoms with E-state index in [1.807, 2.05) is 13.8 Å². The number of hydrogen-bond donors (Lipinski definition) is 1. The zero-order valence-electron chi connectivity index (χ0n) is 20.6. The highest BCUT2D eigenvalue weighted by molar-refractivity contribution is 5.36. The largest absolute Gasteiger partial charge is 0.393 e. The Morgan fingerprint density at radius 1 is 1.20 bits per heavy atom. The van der Waals surface area contributed by atoms with Gasteiger partial charge in [-0.15, -0.1) is 0 Å². The summed E-state index contributed by atoms with van der Waals surface area (Å²) in [5.74, 6) is 2.40. The molecule has 0 spiro atoms. The van der Waals surface area contributed by atoms with Gasteiger partial charge in [-0.25, -0.2) is 0 Å². The maximum absolute atomic E-state index is 10.0. The summed E-state index contributed by atoms with van der Waals surface area (Å²) in [6, 6.07) is 0. The average Bonchev–Trinajstić information content (AvgIpc) is 3.11. The number of aliphatic hydroxyl groups is 1. The second-order valence-electron chi connectivity index (χ2n) is 10.1. The van der Waals surface area contributed by atoms with Gasteiger partial charge in [0.05, 0.1) is 6.10 Å². The van der Waals surface area contributed by atoms with Crippen molar-refractivity contribution in [2.24, 2.45) is 23.2 Å². The Hall–Kier alpha value is -1.08. The van der Waals surface area contributed by atoms with Gasteiger partial charge in [0.25, 0.3) is 0 Å². The van der Waals surface area contributed by atoms with Crippen LogP contribution in [0.3, 0.4) is 0 Å². The standard InChI is InChI=1S/C27H42O.C2H6/c1-6-19(2)9-10-21(4)25-15-16-26-22(8-7-17-27(25,26)5)12-13-23-18-24(28)14-11-20(23)3;1-2/h12-13,21,24-26,28H,2-3,6-11,14-18H2,1,4-5H3;1-2H3/b22-12+,23-13-;/t21-,24+,25-,26+,27?;/m1./s1. The van der Waals surface area contributed by atoms with Gasteiger partial charge in [0, 0.05) is 0 Å². The summed E-state index contributed by atoms with van der Waals surface area (Å²) in [4.78, 5) is 0. The highest BCUT2D eigenvalue weighted by atomic mass is 16.3. The summed E-state index contributed by atoms with van der Waals surface area (Å²) in [5, 5.41) is 10.0. The Morgan fingerprint density at radius 2 is 1.93 bits per heavy atom. The Labute approximate surface area is 187 Å².